The molecule has 1 saturated heterocycles. The quantitative estimate of drug-likeness (QED) is 0.858. The lowest BCUT2D eigenvalue weighted by Gasteiger charge is -2.28. The van der Waals surface area contributed by atoms with Crippen molar-refractivity contribution < 1.29 is 18.7 Å². The summed E-state index contributed by atoms with van der Waals surface area (Å²) in [7, 11) is 1.72. The number of nitrogens with zero attached hydrogens (tertiary/aromatic N) is 2. The molecule has 6 nitrogen and oxygen atoms in total. The highest BCUT2D eigenvalue weighted by atomic mass is 16.6. The van der Waals surface area contributed by atoms with E-state index < -0.39 is 5.60 Å². The lowest BCUT2D eigenvalue weighted by atomic mass is 10.2. The highest BCUT2D eigenvalue weighted by Gasteiger charge is 2.34. The van der Waals surface area contributed by atoms with Crippen LogP contribution in [0.25, 0.3) is 0 Å². The van der Waals surface area contributed by atoms with E-state index in [0.717, 1.165) is 18.6 Å². The van der Waals surface area contributed by atoms with Gasteiger partial charge in [0.25, 0.3) is 5.91 Å². The smallest absolute Gasteiger partial charge is 0.410 e. The Bertz CT molecular complexity index is 573. The van der Waals surface area contributed by atoms with Gasteiger partial charge in [0.1, 0.15) is 11.4 Å². The Morgan fingerprint density at radius 3 is 2.65 bits per heavy atom. The van der Waals surface area contributed by atoms with Gasteiger partial charge in [-0.15, -0.1) is 0 Å². The van der Waals surface area contributed by atoms with Crippen LogP contribution in [0.4, 0.5) is 4.79 Å². The van der Waals surface area contributed by atoms with Gasteiger partial charge in [0.15, 0.2) is 5.76 Å². The van der Waals surface area contributed by atoms with E-state index in [0.29, 0.717) is 18.8 Å². The van der Waals surface area contributed by atoms with Crippen LogP contribution >= 0.6 is 0 Å². The van der Waals surface area contributed by atoms with Crippen LogP contribution in [0, 0.1) is 0 Å². The normalized spacial score (nSPS) is 18.1. The molecule has 1 aromatic heterocycles. The van der Waals surface area contributed by atoms with Gasteiger partial charge in [0.05, 0.1) is 6.04 Å². The van der Waals surface area contributed by atoms with Crippen LogP contribution in [0.2, 0.25) is 0 Å². The van der Waals surface area contributed by atoms with E-state index in [-0.39, 0.29) is 18.0 Å². The molecule has 1 aliphatic rings. The van der Waals surface area contributed by atoms with E-state index >= 15 is 0 Å². The lowest BCUT2D eigenvalue weighted by molar-refractivity contribution is 0.0226. The number of amides is 2. The summed E-state index contributed by atoms with van der Waals surface area (Å²) in [4.78, 5) is 27.9. The molecular weight excluding hydrogens is 296 g/mol. The van der Waals surface area contributed by atoms with E-state index in [2.05, 4.69) is 0 Å². The first-order chi connectivity index (χ1) is 10.7. The summed E-state index contributed by atoms with van der Waals surface area (Å²) >= 11 is 0. The fourth-order valence-corrected chi connectivity index (χ4v) is 2.56. The fourth-order valence-electron chi connectivity index (χ4n) is 2.56. The molecule has 128 valence electrons. The van der Waals surface area contributed by atoms with Gasteiger partial charge in [-0.05, 0) is 39.3 Å². The van der Waals surface area contributed by atoms with Crippen LogP contribution in [0.1, 0.15) is 50.4 Å². The van der Waals surface area contributed by atoms with Gasteiger partial charge in [-0.3, -0.25) is 4.79 Å². The van der Waals surface area contributed by atoms with Gasteiger partial charge in [-0.25, -0.2) is 4.79 Å². The molecule has 1 aromatic rings. The maximum Gasteiger partial charge on any atom is 0.410 e. The Hall–Kier alpha value is -1.98. The Labute approximate surface area is 137 Å². The van der Waals surface area contributed by atoms with Crippen molar-refractivity contribution in [3.63, 3.8) is 0 Å². The number of carbonyl (C=O) groups excluding carboxylic acids is 2. The summed E-state index contributed by atoms with van der Waals surface area (Å²) in [5.74, 6) is 1.04. The van der Waals surface area contributed by atoms with Crippen molar-refractivity contribution in [2.75, 3.05) is 20.1 Å². The number of carbonyl (C=O) groups is 2. The van der Waals surface area contributed by atoms with E-state index in [4.69, 9.17) is 9.15 Å². The molecule has 6 heteroatoms. The molecule has 0 radical (unpaired) electrons. The molecule has 0 spiro atoms. The number of hydrogen-bond acceptors (Lipinski definition) is 4. The Morgan fingerprint density at radius 1 is 1.39 bits per heavy atom. The van der Waals surface area contributed by atoms with Gasteiger partial charge < -0.3 is 19.0 Å². The number of aryl methyl sites for hydroxylation is 1. The van der Waals surface area contributed by atoms with Crippen molar-refractivity contribution in [1.82, 2.24) is 9.80 Å². The standard InChI is InChI=1S/C17H26N2O4/c1-6-13-7-8-14(22-13)15(20)19-10-9-12(11-19)18(5)16(21)23-17(2,3)4/h7-8,12H,6,9-11H2,1-5H3/t12-/m0/s1. The zero-order valence-corrected chi connectivity index (χ0v) is 14.6. The second kappa shape index (κ2) is 6.64. The van der Waals surface area contributed by atoms with E-state index in [1.807, 2.05) is 33.8 Å². The van der Waals surface area contributed by atoms with Crippen molar-refractivity contribution in [3.05, 3.63) is 23.7 Å². The first kappa shape index (κ1) is 17.4. The molecule has 0 aromatic carbocycles. The lowest BCUT2D eigenvalue weighted by Crippen LogP contribution is -2.42. The number of likely N-dealkylation sites (tertiary alicyclic amines) is 1. The molecule has 0 bridgehead atoms. The van der Waals surface area contributed by atoms with Gasteiger partial charge in [0, 0.05) is 26.6 Å². The maximum atomic E-state index is 12.4. The number of furan rings is 1. The van der Waals surface area contributed by atoms with Gasteiger partial charge in [0.2, 0.25) is 0 Å². The van der Waals surface area contributed by atoms with Crippen molar-refractivity contribution in [1.29, 1.82) is 0 Å². The third-order valence-electron chi connectivity index (χ3n) is 3.90. The van der Waals surface area contributed by atoms with Crippen LogP contribution in [-0.4, -0.2) is 53.6 Å². The SMILES string of the molecule is CCc1ccc(C(=O)N2CC[C@H](N(C)C(=O)OC(C)(C)C)C2)o1. The minimum atomic E-state index is -0.524. The van der Waals surface area contributed by atoms with Gasteiger partial charge in [-0.1, -0.05) is 6.92 Å². The molecule has 2 rings (SSSR count). The first-order valence-corrected chi connectivity index (χ1v) is 8.05. The molecule has 2 heterocycles. The van der Waals surface area contributed by atoms with Crippen LogP contribution in [-0.2, 0) is 11.2 Å². The van der Waals surface area contributed by atoms with Crippen molar-refractivity contribution >= 4 is 12.0 Å². The summed E-state index contributed by atoms with van der Waals surface area (Å²) in [6, 6.07) is 3.51. The van der Waals surface area contributed by atoms with Crippen LogP contribution < -0.4 is 0 Å². The predicted molar refractivity (Wildman–Crippen MR) is 86.4 cm³/mol. The topological polar surface area (TPSA) is 63.0 Å². The zero-order valence-electron chi connectivity index (χ0n) is 14.6. The molecule has 0 saturated carbocycles. The highest BCUT2D eigenvalue weighted by molar-refractivity contribution is 5.91. The Morgan fingerprint density at radius 2 is 2.09 bits per heavy atom. The van der Waals surface area contributed by atoms with Crippen molar-refractivity contribution in [2.45, 2.75) is 52.2 Å². The summed E-state index contributed by atoms with van der Waals surface area (Å²) in [5, 5.41) is 0. The van der Waals surface area contributed by atoms with Crippen molar-refractivity contribution in [3.8, 4) is 0 Å². The molecule has 0 aliphatic carbocycles. The minimum Gasteiger partial charge on any atom is -0.456 e. The second-order valence-corrected chi connectivity index (χ2v) is 6.90. The summed E-state index contributed by atoms with van der Waals surface area (Å²) < 4.78 is 10.9. The number of rotatable bonds is 3. The monoisotopic (exact) mass is 322 g/mol. The van der Waals surface area contributed by atoms with Crippen LogP contribution in [0.15, 0.2) is 16.5 Å². The summed E-state index contributed by atoms with van der Waals surface area (Å²) in [6.45, 7) is 8.60. The minimum absolute atomic E-state index is 0.0330. The number of hydrogen-bond donors (Lipinski definition) is 0. The third-order valence-corrected chi connectivity index (χ3v) is 3.90. The van der Waals surface area contributed by atoms with Gasteiger partial charge >= 0.3 is 6.09 Å². The van der Waals surface area contributed by atoms with E-state index in [9.17, 15) is 9.59 Å². The highest BCUT2D eigenvalue weighted by Crippen LogP contribution is 2.20. The van der Waals surface area contributed by atoms with Gasteiger partial charge in [-0.2, -0.15) is 0 Å². The predicted octanol–water partition coefficient (Wildman–Crippen LogP) is 2.92. The Balaban J connectivity index is 1.95. The molecular formula is C17H26N2O4. The molecule has 0 unspecified atom stereocenters. The molecule has 0 N–H and O–H groups in total. The number of likely N-dealkylation sites (N-methyl/N-ethyl adjacent to an activating group) is 1. The van der Waals surface area contributed by atoms with E-state index in [1.165, 1.54) is 0 Å². The number of ether oxygens (including phenoxy) is 1. The molecule has 23 heavy (non-hydrogen) atoms. The summed E-state index contributed by atoms with van der Waals surface area (Å²) in [6.07, 6.45) is 1.14. The van der Waals surface area contributed by atoms with Crippen LogP contribution in [0.3, 0.4) is 0 Å². The first-order valence-electron chi connectivity index (χ1n) is 8.05. The molecule has 1 aliphatic heterocycles. The molecule has 1 atom stereocenters. The Kier molecular flexibility index (Phi) is 5.02. The second-order valence-electron chi connectivity index (χ2n) is 6.90. The van der Waals surface area contributed by atoms with Crippen LogP contribution in [0.5, 0.6) is 0 Å². The summed E-state index contributed by atoms with van der Waals surface area (Å²) in [5.41, 5.74) is -0.524. The maximum absolute atomic E-state index is 12.4. The average molecular weight is 322 g/mol. The van der Waals surface area contributed by atoms with Crippen molar-refractivity contribution in [2.24, 2.45) is 0 Å². The van der Waals surface area contributed by atoms with E-state index in [1.54, 1.807) is 22.9 Å². The zero-order chi connectivity index (χ0) is 17.2. The third kappa shape index (κ3) is 4.27. The average Bonchev–Trinajstić information content (AvgIpc) is 3.13. The molecule has 2 amide bonds. The molecule has 1 fully saturated rings. The largest absolute Gasteiger partial charge is 0.456 e. The fraction of sp³-hybridized carbons (Fsp3) is 0.647.